The van der Waals surface area contributed by atoms with Gasteiger partial charge in [0.15, 0.2) is 0 Å². The summed E-state index contributed by atoms with van der Waals surface area (Å²) in [6.07, 6.45) is 3.59. The lowest BCUT2D eigenvalue weighted by molar-refractivity contribution is -0.129. The predicted molar refractivity (Wildman–Crippen MR) is 82.1 cm³/mol. The van der Waals surface area contributed by atoms with Gasteiger partial charge < -0.3 is 4.90 Å². The van der Waals surface area contributed by atoms with Crippen molar-refractivity contribution in [2.24, 2.45) is 0 Å². The molecule has 0 aliphatic rings. The number of benzene rings is 1. The number of carbonyl (C=O) groups excluding carboxylic acids is 1. The van der Waals surface area contributed by atoms with Gasteiger partial charge in [0.25, 0.3) is 0 Å². The van der Waals surface area contributed by atoms with Crippen LogP contribution in [0.1, 0.15) is 44.4 Å². The van der Waals surface area contributed by atoms with Gasteiger partial charge >= 0.3 is 0 Å². The number of aryl methyl sites for hydroxylation is 2. The molecule has 19 heavy (non-hydrogen) atoms. The van der Waals surface area contributed by atoms with Crippen molar-refractivity contribution in [3.63, 3.8) is 0 Å². The van der Waals surface area contributed by atoms with Crippen molar-refractivity contribution in [3.05, 3.63) is 41.0 Å². The first-order valence-electron chi connectivity index (χ1n) is 6.90. The van der Waals surface area contributed by atoms with E-state index < -0.39 is 0 Å². The fraction of sp³-hybridized carbons (Fsp3) is 0.471. The maximum Gasteiger partial charge on any atom is 0.247 e. The second-order valence-electron chi connectivity index (χ2n) is 5.63. The zero-order chi connectivity index (χ0) is 14.6. The van der Waals surface area contributed by atoms with Crippen LogP contribution in [-0.4, -0.2) is 22.9 Å². The second-order valence-corrected chi connectivity index (χ2v) is 5.63. The summed E-state index contributed by atoms with van der Waals surface area (Å²) < 4.78 is 0. The second kappa shape index (κ2) is 6.55. The van der Waals surface area contributed by atoms with Crippen LogP contribution in [0.4, 0.5) is 0 Å². The molecule has 1 aromatic rings. The Labute approximate surface area is 117 Å². The van der Waals surface area contributed by atoms with E-state index >= 15 is 0 Å². The minimum atomic E-state index is 0.0741. The molecule has 0 saturated carbocycles. The molecule has 0 heterocycles. The monoisotopic (exact) mass is 259 g/mol. The van der Waals surface area contributed by atoms with Crippen molar-refractivity contribution in [3.8, 4) is 0 Å². The van der Waals surface area contributed by atoms with Crippen LogP contribution in [0.2, 0.25) is 0 Å². The lowest BCUT2D eigenvalue weighted by Crippen LogP contribution is -2.41. The first kappa shape index (κ1) is 15.5. The maximum atomic E-state index is 12.2. The Morgan fingerprint density at radius 3 is 2.16 bits per heavy atom. The Balaban J connectivity index is 2.88. The number of hydrogen-bond donors (Lipinski definition) is 0. The van der Waals surface area contributed by atoms with Crippen LogP contribution in [0.5, 0.6) is 0 Å². The van der Waals surface area contributed by atoms with Crippen LogP contribution in [0.3, 0.4) is 0 Å². The molecule has 0 N–H and O–H groups in total. The van der Waals surface area contributed by atoms with E-state index in [1.54, 1.807) is 6.08 Å². The zero-order valence-electron chi connectivity index (χ0n) is 12.9. The number of nitrogens with zero attached hydrogens (tertiary/aromatic N) is 1. The van der Waals surface area contributed by atoms with Gasteiger partial charge in [-0.1, -0.05) is 23.8 Å². The summed E-state index contributed by atoms with van der Waals surface area (Å²) in [5.74, 6) is 0.0741. The highest BCUT2D eigenvalue weighted by molar-refractivity contribution is 5.92. The van der Waals surface area contributed by atoms with Crippen molar-refractivity contribution in [2.75, 3.05) is 0 Å². The molecule has 0 radical (unpaired) electrons. The molecule has 0 spiro atoms. The van der Waals surface area contributed by atoms with Gasteiger partial charge in [0.2, 0.25) is 5.91 Å². The number of hydrogen-bond acceptors (Lipinski definition) is 1. The highest BCUT2D eigenvalue weighted by Gasteiger charge is 2.17. The van der Waals surface area contributed by atoms with Gasteiger partial charge in [-0.25, -0.2) is 0 Å². The summed E-state index contributed by atoms with van der Waals surface area (Å²) in [7, 11) is 0. The SMILES string of the molecule is Cc1ccc(/C=C/C(=O)N(C(C)C)C(C)C)c(C)c1. The summed E-state index contributed by atoms with van der Waals surface area (Å²) in [6.45, 7) is 12.3. The Kier molecular flexibility index (Phi) is 5.34. The Hall–Kier alpha value is -1.57. The maximum absolute atomic E-state index is 12.2. The molecule has 0 fully saturated rings. The molecule has 0 unspecified atom stereocenters. The Morgan fingerprint density at radius 1 is 1.11 bits per heavy atom. The lowest BCUT2D eigenvalue weighted by Gasteiger charge is -2.29. The average molecular weight is 259 g/mol. The van der Waals surface area contributed by atoms with Crippen LogP contribution in [0.15, 0.2) is 24.3 Å². The molecular weight excluding hydrogens is 234 g/mol. The highest BCUT2D eigenvalue weighted by Crippen LogP contribution is 2.13. The number of rotatable bonds is 4. The predicted octanol–water partition coefficient (Wildman–Crippen LogP) is 3.96. The van der Waals surface area contributed by atoms with Crippen LogP contribution in [0, 0.1) is 13.8 Å². The van der Waals surface area contributed by atoms with Crippen molar-refractivity contribution in [1.29, 1.82) is 0 Å². The zero-order valence-corrected chi connectivity index (χ0v) is 12.9. The molecule has 0 bridgehead atoms. The number of amides is 1. The van der Waals surface area contributed by atoms with Gasteiger partial charge in [-0.05, 0) is 58.7 Å². The van der Waals surface area contributed by atoms with E-state index in [1.165, 1.54) is 11.1 Å². The third-order valence-corrected chi connectivity index (χ3v) is 3.20. The lowest BCUT2D eigenvalue weighted by atomic mass is 10.1. The van der Waals surface area contributed by atoms with E-state index in [9.17, 15) is 4.79 Å². The van der Waals surface area contributed by atoms with Gasteiger partial charge in [0.1, 0.15) is 0 Å². The molecule has 1 aromatic carbocycles. The number of carbonyl (C=O) groups is 1. The third-order valence-electron chi connectivity index (χ3n) is 3.20. The summed E-state index contributed by atoms with van der Waals surface area (Å²) >= 11 is 0. The van der Waals surface area contributed by atoms with E-state index in [0.717, 1.165) is 5.56 Å². The molecule has 0 saturated heterocycles. The van der Waals surface area contributed by atoms with Crippen molar-refractivity contribution in [2.45, 2.75) is 53.6 Å². The van der Waals surface area contributed by atoms with Gasteiger partial charge in [0.05, 0.1) is 0 Å². The first-order valence-corrected chi connectivity index (χ1v) is 6.90. The standard InChI is InChI=1S/C17H25NO/c1-12(2)18(13(3)4)17(19)10-9-16-8-7-14(5)11-15(16)6/h7-13H,1-6H3/b10-9+. The molecule has 1 amide bonds. The van der Waals surface area contributed by atoms with E-state index in [1.807, 2.05) is 38.7 Å². The van der Waals surface area contributed by atoms with Gasteiger partial charge in [0, 0.05) is 18.2 Å². The van der Waals surface area contributed by atoms with Gasteiger partial charge in [-0.3, -0.25) is 4.79 Å². The molecule has 2 heteroatoms. The fourth-order valence-electron chi connectivity index (χ4n) is 2.37. The van der Waals surface area contributed by atoms with Gasteiger partial charge in [-0.15, -0.1) is 0 Å². The van der Waals surface area contributed by atoms with Crippen LogP contribution in [0.25, 0.3) is 6.08 Å². The minimum absolute atomic E-state index is 0.0741. The molecule has 0 aliphatic carbocycles. The fourth-order valence-corrected chi connectivity index (χ4v) is 2.37. The average Bonchev–Trinajstić information content (AvgIpc) is 2.26. The van der Waals surface area contributed by atoms with E-state index in [4.69, 9.17) is 0 Å². The van der Waals surface area contributed by atoms with Crippen molar-refractivity contribution in [1.82, 2.24) is 4.90 Å². The summed E-state index contributed by atoms with van der Waals surface area (Å²) in [5.41, 5.74) is 3.54. The molecule has 0 aliphatic heterocycles. The van der Waals surface area contributed by atoms with E-state index in [2.05, 4.69) is 32.0 Å². The van der Waals surface area contributed by atoms with Crippen LogP contribution >= 0.6 is 0 Å². The highest BCUT2D eigenvalue weighted by atomic mass is 16.2. The minimum Gasteiger partial charge on any atom is -0.334 e. The van der Waals surface area contributed by atoms with Crippen molar-refractivity contribution >= 4 is 12.0 Å². The summed E-state index contributed by atoms with van der Waals surface area (Å²) in [5, 5.41) is 0. The topological polar surface area (TPSA) is 20.3 Å². The third kappa shape index (κ3) is 4.23. The first-order chi connectivity index (χ1) is 8.82. The summed E-state index contributed by atoms with van der Waals surface area (Å²) in [4.78, 5) is 14.1. The molecule has 1 rings (SSSR count). The Morgan fingerprint density at radius 2 is 1.68 bits per heavy atom. The summed E-state index contributed by atoms with van der Waals surface area (Å²) in [6, 6.07) is 6.70. The van der Waals surface area contributed by atoms with Gasteiger partial charge in [-0.2, -0.15) is 0 Å². The molecule has 0 aromatic heterocycles. The normalized spacial score (nSPS) is 11.6. The molecular formula is C17H25NO. The smallest absolute Gasteiger partial charge is 0.247 e. The van der Waals surface area contributed by atoms with Crippen LogP contribution < -0.4 is 0 Å². The molecule has 0 atom stereocenters. The van der Waals surface area contributed by atoms with Crippen molar-refractivity contribution < 1.29 is 4.79 Å². The molecule has 104 valence electrons. The molecule has 2 nitrogen and oxygen atoms in total. The van der Waals surface area contributed by atoms with E-state index in [0.29, 0.717) is 0 Å². The van der Waals surface area contributed by atoms with E-state index in [-0.39, 0.29) is 18.0 Å². The van der Waals surface area contributed by atoms with Crippen LogP contribution in [-0.2, 0) is 4.79 Å². The Bertz CT molecular complexity index is 464. The largest absolute Gasteiger partial charge is 0.334 e. The quantitative estimate of drug-likeness (QED) is 0.749.